The van der Waals surface area contributed by atoms with Crippen molar-refractivity contribution < 1.29 is 12.9 Å². The molecule has 0 aliphatic heterocycles. The van der Waals surface area contributed by atoms with E-state index in [9.17, 15) is 8.42 Å². The summed E-state index contributed by atoms with van der Waals surface area (Å²) in [5.74, 6) is 1.07. The number of hydrogen-bond acceptors (Lipinski definition) is 6. The lowest BCUT2D eigenvalue weighted by Gasteiger charge is -2.23. The normalized spacial score (nSPS) is 13.1. The molecule has 0 spiro atoms. The monoisotopic (exact) mass is 372 g/mol. The molecule has 0 aliphatic rings. The fraction of sp³-hybridized carbons (Fsp3) is 0.222. The van der Waals surface area contributed by atoms with Crippen LogP contribution >= 0.6 is 0 Å². The minimum absolute atomic E-state index is 0.0246. The predicted octanol–water partition coefficient (Wildman–Crippen LogP) is 2.58. The van der Waals surface area contributed by atoms with Crippen LogP contribution in [0.15, 0.2) is 64.0 Å². The number of rotatable bonds is 6. The SMILES string of the molecule is C[C@H](c1ccc(S(N)(=O)=O)cc1)N(C)Cc1nc(-c2ccccc2)no1. The first-order valence-electron chi connectivity index (χ1n) is 8.05. The second kappa shape index (κ2) is 7.36. The van der Waals surface area contributed by atoms with E-state index in [1.807, 2.05) is 49.2 Å². The van der Waals surface area contributed by atoms with Crippen LogP contribution in [0.4, 0.5) is 0 Å². The van der Waals surface area contributed by atoms with Gasteiger partial charge in [-0.05, 0) is 31.7 Å². The zero-order chi connectivity index (χ0) is 18.7. The van der Waals surface area contributed by atoms with Crippen molar-refractivity contribution in [3.63, 3.8) is 0 Å². The third kappa shape index (κ3) is 4.16. The van der Waals surface area contributed by atoms with Crippen molar-refractivity contribution in [2.75, 3.05) is 7.05 Å². The van der Waals surface area contributed by atoms with Gasteiger partial charge in [-0.2, -0.15) is 4.98 Å². The zero-order valence-corrected chi connectivity index (χ0v) is 15.3. The number of nitrogens with zero attached hydrogens (tertiary/aromatic N) is 3. The highest BCUT2D eigenvalue weighted by atomic mass is 32.2. The van der Waals surface area contributed by atoms with Crippen molar-refractivity contribution in [3.8, 4) is 11.4 Å². The molecule has 1 aromatic heterocycles. The first kappa shape index (κ1) is 18.2. The molecule has 1 atom stereocenters. The Kier molecular flexibility index (Phi) is 5.17. The highest BCUT2D eigenvalue weighted by Gasteiger charge is 2.17. The van der Waals surface area contributed by atoms with Crippen LogP contribution in [0.5, 0.6) is 0 Å². The first-order valence-corrected chi connectivity index (χ1v) is 9.60. The van der Waals surface area contributed by atoms with E-state index >= 15 is 0 Å². The summed E-state index contributed by atoms with van der Waals surface area (Å²) >= 11 is 0. The Morgan fingerprint density at radius 2 is 1.77 bits per heavy atom. The lowest BCUT2D eigenvalue weighted by Crippen LogP contribution is -2.22. The van der Waals surface area contributed by atoms with Gasteiger partial charge in [0.1, 0.15) is 0 Å². The topological polar surface area (TPSA) is 102 Å². The van der Waals surface area contributed by atoms with Crippen LogP contribution in [-0.4, -0.2) is 30.5 Å². The maximum Gasteiger partial charge on any atom is 0.241 e. The van der Waals surface area contributed by atoms with Crippen LogP contribution in [0.25, 0.3) is 11.4 Å². The van der Waals surface area contributed by atoms with E-state index in [1.54, 1.807) is 12.1 Å². The molecule has 1 heterocycles. The first-order chi connectivity index (χ1) is 12.3. The molecular weight excluding hydrogens is 352 g/mol. The number of aromatic nitrogens is 2. The molecule has 8 heteroatoms. The smallest absolute Gasteiger partial charge is 0.241 e. The Hall–Kier alpha value is -2.55. The molecule has 0 unspecified atom stereocenters. The highest BCUT2D eigenvalue weighted by Crippen LogP contribution is 2.22. The Morgan fingerprint density at radius 3 is 2.38 bits per heavy atom. The van der Waals surface area contributed by atoms with Gasteiger partial charge in [0.25, 0.3) is 0 Å². The minimum atomic E-state index is -3.68. The molecule has 26 heavy (non-hydrogen) atoms. The van der Waals surface area contributed by atoms with Gasteiger partial charge >= 0.3 is 0 Å². The van der Waals surface area contributed by atoms with Crippen LogP contribution in [0.2, 0.25) is 0 Å². The van der Waals surface area contributed by atoms with Gasteiger partial charge in [0.05, 0.1) is 11.4 Å². The number of benzene rings is 2. The lowest BCUT2D eigenvalue weighted by atomic mass is 10.1. The van der Waals surface area contributed by atoms with Crippen molar-refractivity contribution in [1.29, 1.82) is 0 Å². The summed E-state index contributed by atoms with van der Waals surface area (Å²) in [5, 5.41) is 9.15. The summed E-state index contributed by atoms with van der Waals surface area (Å²) in [6.07, 6.45) is 0. The number of primary sulfonamides is 1. The summed E-state index contributed by atoms with van der Waals surface area (Å²) in [4.78, 5) is 6.56. The Labute approximate surface area is 152 Å². The molecule has 3 rings (SSSR count). The Balaban J connectivity index is 1.70. The maximum atomic E-state index is 11.3. The molecule has 0 saturated heterocycles. The molecule has 0 fully saturated rings. The predicted molar refractivity (Wildman–Crippen MR) is 97.4 cm³/mol. The summed E-state index contributed by atoms with van der Waals surface area (Å²) in [5.41, 5.74) is 1.86. The van der Waals surface area contributed by atoms with Gasteiger partial charge in [-0.3, -0.25) is 4.90 Å². The Morgan fingerprint density at radius 1 is 1.12 bits per heavy atom. The van der Waals surface area contributed by atoms with Crippen molar-refractivity contribution in [3.05, 3.63) is 66.1 Å². The van der Waals surface area contributed by atoms with Gasteiger partial charge in [-0.15, -0.1) is 0 Å². The molecule has 0 aliphatic carbocycles. The summed E-state index contributed by atoms with van der Waals surface area (Å²) in [6.45, 7) is 2.48. The van der Waals surface area contributed by atoms with E-state index in [0.29, 0.717) is 18.3 Å². The molecule has 0 bridgehead atoms. The van der Waals surface area contributed by atoms with Gasteiger partial charge in [-0.25, -0.2) is 13.6 Å². The van der Waals surface area contributed by atoms with Gasteiger partial charge in [0.15, 0.2) is 0 Å². The second-order valence-corrected chi connectivity index (χ2v) is 7.64. The van der Waals surface area contributed by atoms with Crippen LogP contribution in [-0.2, 0) is 16.6 Å². The van der Waals surface area contributed by atoms with Gasteiger partial charge < -0.3 is 4.52 Å². The number of hydrogen-bond donors (Lipinski definition) is 1. The van der Waals surface area contributed by atoms with Crippen molar-refractivity contribution in [2.24, 2.45) is 5.14 Å². The minimum Gasteiger partial charge on any atom is -0.338 e. The fourth-order valence-corrected chi connectivity index (χ4v) is 3.08. The molecule has 0 saturated carbocycles. The zero-order valence-electron chi connectivity index (χ0n) is 14.5. The molecule has 2 aromatic carbocycles. The van der Waals surface area contributed by atoms with Gasteiger partial charge in [-0.1, -0.05) is 47.6 Å². The molecule has 0 amide bonds. The Bertz CT molecular complexity index is 969. The molecule has 136 valence electrons. The largest absolute Gasteiger partial charge is 0.338 e. The highest BCUT2D eigenvalue weighted by molar-refractivity contribution is 7.89. The maximum absolute atomic E-state index is 11.3. The summed E-state index contributed by atoms with van der Waals surface area (Å²) in [6, 6.07) is 16.2. The number of sulfonamides is 1. The van der Waals surface area contributed by atoms with Crippen LogP contribution in [0, 0.1) is 0 Å². The standard InChI is InChI=1S/C18H20N4O3S/c1-13(14-8-10-16(11-9-14)26(19,23)24)22(2)12-17-20-18(21-25-17)15-6-4-3-5-7-15/h3-11,13H,12H2,1-2H3,(H2,19,23,24)/t13-/m1/s1. The summed E-state index contributed by atoms with van der Waals surface area (Å²) in [7, 11) is -1.75. The van der Waals surface area contributed by atoms with Crippen LogP contribution in [0.1, 0.15) is 24.4 Å². The third-order valence-electron chi connectivity index (χ3n) is 4.24. The quantitative estimate of drug-likeness (QED) is 0.713. The average molecular weight is 372 g/mol. The lowest BCUT2D eigenvalue weighted by molar-refractivity contribution is 0.216. The number of nitrogens with two attached hydrogens (primary N) is 1. The van der Waals surface area contributed by atoms with Gasteiger partial charge in [0, 0.05) is 11.6 Å². The van der Waals surface area contributed by atoms with E-state index in [-0.39, 0.29) is 10.9 Å². The second-order valence-electron chi connectivity index (χ2n) is 6.08. The van der Waals surface area contributed by atoms with E-state index < -0.39 is 10.0 Å². The molecule has 3 aromatic rings. The van der Waals surface area contributed by atoms with Gasteiger partial charge in [0.2, 0.25) is 21.7 Å². The van der Waals surface area contributed by atoms with Crippen molar-refractivity contribution >= 4 is 10.0 Å². The van der Waals surface area contributed by atoms with E-state index in [4.69, 9.17) is 9.66 Å². The average Bonchev–Trinajstić information content (AvgIpc) is 3.09. The van der Waals surface area contributed by atoms with Crippen LogP contribution in [0.3, 0.4) is 0 Å². The summed E-state index contributed by atoms with van der Waals surface area (Å²) < 4.78 is 28.0. The molecule has 7 nitrogen and oxygen atoms in total. The van der Waals surface area contributed by atoms with Crippen molar-refractivity contribution in [1.82, 2.24) is 15.0 Å². The van der Waals surface area contributed by atoms with Crippen molar-refractivity contribution in [2.45, 2.75) is 24.4 Å². The van der Waals surface area contributed by atoms with E-state index in [2.05, 4.69) is 10.1 Å². The van der Waals surface area contributed by atoms with Crippen LogP contribution < -0.4 is 5.14 Å². The molecular formula is C18H20N4O3S. The van der Waals surface area contributed by atoms with E-state index in [1.165, 1.54) is 12.1 Å². The molecule has 2 N–H and O–H groups in total. The van der Waals surface area contributed by atoms with E-state index in [0.717, 1.165) is 11.1 Å². The third-order valence-corrected chi connectivity index (χ3v) is 5.17. The molecule has 0 radical (unpaired) electrons. The fourth-order valence-electron chi connectivity index (χ4n) is 2.56.